The van der Waals surface area contributed by atoms with Crippen LogP contribution < -0.4 is 5.73 Å². The predicted molar refractivity (Wildman–Crippen MR) is 58.0 cm³/mol. The SMILES string of the molecule is Nc1ccccc1Cc1ccsc1. The zero-order valence-electron chi connectivity index (χ0n) is 7.23. The van der Waals surface area contributed by atoms with E-state index in [0.29, 0.717) is 0 Å². The average Bonchev–Trinajstić information content (AvgIpc) is 2.61. The van der Waals surface area contributed by atoms with E-state index in [1.54, 1.807) is 11.3 Å². The van der Waals surface area contributed by atoms with E-state index in [2.05, 4.69) is 22.9 Å². The number of nitrogen functional groups attached to an aromatic ring is 1. The minimum atomic E-state index is 0.883. The number of para-hydroxylation sites is 1. The maximum Gasteiger partial charge on any atom is 0.0349 e. The fourth-order valence-corrected chi connectivity index (χ4v) is 1.98. The molecular weight excluding hydrogens is 178 g/mol. The molecule has 1 nitrogen and oxygen atoms in total. The molecule has 2 N–H and O–H groups in total. The largest absolute Gasteiger partial charge is 0.398 e. The maximum absolute atomic E-state index is 5.84. The predicted octanol–water partition coefficient (Wildman–Crippen LogP) is 2.92. The summed E-state index contributed by atoms with van der Waals surface area (Å²) in [5.41, 5.74) is 9.27. The van der Waals surface area contributed by atoms with Crippen LogP contribution in [0.5, 0.6) is 0 Å². The molecule has 0 unspecified atom stereocenters. The van der Waals surface area contributed by atoms with Crippen molar-refractivity contribution in [3.8, 4) is 0 Å². The molecular formula is C11H11NS. The van der Waals surface area contributed by atoms with Crippen LogP contribution in [0.15, 0.2) is 41.1 Å². The molecule has 0 saturated carbocycles. The number of anilines is 1. The van der Waals surface area contributed by atoms with E-state index < -0.39 is 0 Å². The van der Waals surface area contributed by atoms with Crippen molar-refractivity contribution < 1.29 is 0 Å². The van der Waals surface area contributed by atoms with Gasteiger partial charge in [-0.25, -0.2) is 0 Å². The Morgan fingerprint density at radius 2 is 2.00 bits per heavy atom. The molecule has 0 aliphatic carbocycles. The van der Waals surface area contributed by atoms with Gasteiger partial charge in [-0.05, 0) is 34.0 Å². The molecule has 2 rings (SSSR count). The summed E-state index contributed by atoms with van der Waals surface area (Å²) in [6, 6.07) is 10.1. The Kier molecular flexibility index (Phi) is 2.32. The van der Waals surface area contributed by atoms with Crippen LogP contribution in [0.25, 0.3) is 0 Å². The highest BCUT2D eigenvalue weighted by molar-refractivity contribution is 7.07. The molecule has 2 heteroatoms. The van der Waals surface area contributed by atoms with Gasteiger partial charge in [0.25, 0.3) is 0 Å². The Labute approximate surface area is 81.8 Å². The lowest BCUT2D eigenvalue weighted by Crippen LogP contribution is -1.93. The fraction of sp³-hybridized carbons (Fsp3) is 0.0909. The molecule has 2 aromatic rings. The van der Waals surface area contributed by atoms with Crippen molar-refractivity contribution in [3.05, 3.63) is 52.2 Å². The van der Waals surface area contributed by atoms with E-state index in [0.717, 1.165) is 12.1 Å². The van der Waals surface area contributed by atoms with Crippen LogP contribution >= 0.6 is 11.3 Å². The Bertz CT molecular complexity index is 379. The Morgan fingerprint density at radius 1 is 1.15 bits per heavy atom. The van der Waals surface area contributed by atoms with Crippen molar-refractivity contribution in [2.24, 2.45) is 0 Å². The third kappa shape index (κ3) is 1.90. The van der Waals surface area contributed by atoms with Crippen molar-refractivity contribution in [1.29, 1.82) is 0 Å². The third-order valence-corrected chi connectivity index (χ3v) is 2.76. The van der Waals surface area contributed by atoms with Gasteiger partial charge in [0.1, 0.15) is 0 Å². The van der Waals surface area contributed by atoms with Crippen LogP contribution in [0.1, 0.15) is 11.1 Å². The molecule has 0 spiro atoms. The Morgan fingerprint density at radius 3 is 2.69 bits per heavy atom. The Hall–Kier alpha value is -1.28. The summed E-state index contributed by atoms with van der Waals surface area (Å²) in [5, 5.41) is 4.25. The second-order valence-corrected chi connectivity index (χ2v) is 3.79. The molecule has 0 radical (unpaired) electrons. The summed E-state index contributed by atoms with van der Waals surface area (Å²) < 4.78 is 0. The molecule has 1 aromatic carbocycles. The summed E-state index contributed by atoms with van der Waals surface area (Å²) >= 11 is 1.72. The Balaban J connectivity index is 2.24. The molecule has 0 amide bonds. The van der Waals surface area contributed by atoms with Gasteiger partial charge in [0.05, 0.1) is 0 Å². The molecule has 1 aromatic heterocycles. The highest BCUT2D eigenvalue weighted by Crippen LogP contribution is 2.17. The second-order valence-electron chi connectivity index (χ2n) is 3.01. The van der Waals surface area contributed by atoms with Gasteiger partial charge in [-0.15, -0.1) is 0 Å². The normalized spacial score (nSPS) is 10.2. The van der Waals surface area contributed by atoms with Crippen molar-refractivity contribution in [2.75, 3.05) is 5.73 Å². The van der Waals surface area contributed by atoms with Crippen molar-refractivity contribution >= 4 is 17.0 Å². The molecule has 0 aliphatic rings. The fourth-order valence-electron chi connectivity index (χ4n) is 1.31. The molecule has 13 heavy (non-hydrogen) atoms. The van der Waals surface area contributed by atoms with Crippen molar-refractivity contribution in [1.82, 2.24) is 0 Å². The molecule has 0 aliphatic heterocycles. The van der Waals surface area contributed by atoms with Crippen LogP contribution in [0.3, 0.4) is 0 Å². The number of hydrogen-bond acceptors (Lipinski definition) is 2. The average molecular weight is 189 g/mol. The summed E-state index contributed by atoms with van der Waals surface area (Å²) in [5.74, 6) is 0. The monoisotopic (exact) mass is 189 g/mol. The first-order chi connectivity index (χ1) is 6.36. The first-order valence-corrected chi connectivity index (χ1v) is 5.15. The lowest BCUT2D eigenvalue weighted by atomic mass is 10.1. The highest BCUT2D eigenvalue weighted by atomic mass is 32.1. The van der Waals surface area contributed by atoms with E-state index in [4.69, 9.17) is 5.73 Å². The number of rotatable bonds is 2. The van der Waals surface area contributed by atoms with Gasteiger partial charge < -0.3 is 5.73 Å². The van der Waals surface area contributed by atoms with Crippen LogP contribution in [-0.4, -0.2) is 0 Å². The first-order valence-electron chi connectivity index (χ1n) is 4.21. The molecule has 0 saturated heterocycles. The van der Waals surface area contributed by atoms with Gasteiger partial charge in [0, 0.05) is 12.1 Å². The van der Waals surface area contributed by atoms with Gasteiger partial charge in [0.2, 0.25) is 0 Å². The summed E-state index contributed by atoms with van der Waals surface area (Å²) in [6.07, 6.45) is 0.941. The minimum Gasteiger partial charge on any atom is -0.398 e. The molecule has 0 atom stereocenters. The lowest BCUT2D eigenvalue weighted by Gasteiger charge is -2.02. The van der Waals surface area contributed by atoms with Crippen LogP contribution in [0.2, 0.25) is 0 Å². The van der Waals surface area contributed by atoms with Crippen molar-refractivity contribution in [3.63, 3.8) is 0 Å². The van der Waals surface area contributed by atoms with E-state index in [1.165, 1.54) is 11.1 Å². The minimum absolute atomic E-state index is 0.883. The zero-order chi connectivity index (χ0) is 9.10. The molecule has 1 heterocycles. The highest BCUT2D eigenvalue weighted by Gasteiger charge is 1.99. The van der Waals surface area contributed by atoms with Crippen LogP contribution in [0.4, 0.5) is 5.69 Å². The van der Waals surface area contributed by atoms with Crippen LogP contribution in [0, 0.1) is 0 Å². The number of hydrogen-bond donors (Lipinski definition) is 1. The van der Waals surface area contributed by atoms with E-state index in [-0.39, 0.29) is 0 Å². The first kappa shape index (κ1) is 8.32. The molecule has 0 fully saturated rings. The van der Waals surface area contributed by atoms with E-state index >= 15 is 0 Å². The summed E-state index contributed by atoms with van der Waals surface area (Å²) in [4.78, 5) is 0. The standard InChI is InChI=1S/C11H11NS/c12-11-4-2-1-3-10(11)7-9-5-6-13-8-9/h1-6,8H,7,12H2. The van der Waals surface area contributed by atoms with Crippen LogP contribution in [-0.2, 0) is 6.42 Å². The number of nitrogens with two attached hydrogens (primary N) is 1. The number of thiophene rings is 1. The van der Waals surface area contributed by atoms with E-state index in [9.17, 15) is 0 Å². The smallest absolute Gasteiger partial charge is 0.0349 e. The maximum atomic E-state index is 5.84. The van der Waals surface area contributed by atoms with Crippen molar-refractivity contribution in [2.45, 2.75) is 6.42 Å². The quantitative estimate of drug-likeness (QED) is 0.722. The van der Waals surface area contributed by atoms with E-state index in [1.807, 2.05) is 18.2 Å². The second kappa shape index (κ2) is 3.62. The number of benzene rings is 1. The van der Waals surface area contributed by atoms with Gasteiger partial charge >= 0.3 is 0 Å². The third-order valence-electron chi connectivity index (χ3n) is 2.03. The van der Waals surface area contributed by atoms with Gasteiger partial charge in [-0.2, -0.15) is 11.3 Å². The van der Waals surface area contributed by atoms with Gasteiger partial charge in [-0.3, -0.25) is 0 Å². The molecule has 66 valence electrons. The van der Waals surface area contributed by atoms with Gasteiger partial charge in [0.15, 0.2) is 0 Å². The molecule has 0 bridgehead atoms. The topological polar surface area (TPSA) is 26.0 Å². The summed E-state index contributed by atoms with van der Waals surface area (Å²) in [6.45, 7) is 0. The summed E-state index contributed by atoms with van der Waals surface area (Å²) in [7, 11) is 0. The zero-order valence-corrected chi connectivity index (χ0v) is 8.05. The van der Waals surface area contributed by atoms with Gasteiger partial charge in [-0.1, -0.05) is 18.2 Å². The lowest BCUT2D eigenvalue weighted by molar-refractivity contribution is 1.21.